The van der Waals surface area contributed by atoms with Gasteiger partial charge in [-0.05, 0) is 19.1 Å². The Morgan fingerprint density at radius 2 is 1.92 bits per heavy atom. The van der Waals surface area contributed by atoms with E-state index in [2.05, 4.69) is 20.5 Å². The van der Waals surface area contributed by atoms with Gasteiger partial charge in [-0.2, -0.15) is 0 Å². The highest BCUT2D eigenvalue weighted by Crippen LogP contribution is 2.29. The lowest BCUT2D eigenvalue weighted by atomic mass is 10.3. The van der Waals surface area contributed by atoms with E-state index in [-0.39, 0.29) is 24.0 Å². The number of nitrogens with one attached hydrogen (secondary N) is 2. The minimum absolute atomic E-state index is 0. The molecule has 0 amide bonds. The molecule has 0 spiro atoms. The number of nitrogens with zero attached hydrogens (tertiary/aromatic N) is 2. The van der Waals surface area contributed by atoms with Crippen LogP contribution in [0.4, 0.5) is 5.69 Å². The fourth-order valence-electron chi connectivity index (χ4n) is 2.49. The Morgan fingerprint density at radius 1 is 1.20 bits per heavy atom. The van der Waals surface area contributed by atoms with Crippen molar-refractivity contribution in [3.8, 4) is 11.5 Å². The first-order valence-electron chi connectivity index (χ1n) is 8.34. The lowest BCUT2D eigenvalue weighted by Gasteiger charge is -2.25. The Bertz CT molecular complexity index is 537. The van der Waals surface area contributed by atoms with Crippen molar-refractivity contribution in [2.24, 2.45) is 4.99 Å². The number of morpholine rings is 1. The van der Waals surface area contributed by atoms with E-state index in [9.17, 15) is 0 Å². The number of benzene rings is 1. The molecular formula is C17H29IN4O3. The fraction of sp³-hybridized carbons (Fsp3) is 0.588. The van der Waals surface area contributed by atoms with Crippen molar-refractivity contribution in [3.05, 3.63) is 18.2 Å². The molecule has 0 unspecified atom stereocenters. The number of halogens is 1. The van der Waals surface area contributed by atoms with E-state index < -0.39 is 0 Å². The van der Waals surface area contributed by atoms with E-state index >= 15 is 0 Å². The largest absolute Gasteiger partial charge is 0.493 e. The minimum atomic E-state index is 0. The first-order valence-corrected chi connectivity index (χ1v) is 8.34. The van der Waals surface area contributed by atoms with Gasteiger partial charge in [0.15, 0.2) is 17.5 Å². The summed E-state index contributed by atoms with van der Waals surface area (Å²) in [5.74, 6) is 2.15. The molecule has 0 aromatic heterocycles. The smallest absolute Gasteiger partial charge is 0.195 e. The first kappa shape index (κ1) is 21.8. The molecule has 25 heavy (non-hydrogen) atoms. The van der Waals surface area contributed by atoms with Crippen molar-refractivity contribution in [2.45, 2.75) is 6.92 Å². The molecule has 7 nitrogen and oxygen atoms in total. The lowest BCUT2D eigenvalue weighted by molar-refractivity contribution is 0.0394. The zero-order valence-electron chi connectivity index (χ0n) is 15.2. The van der Waals surface area contributed by atoms with E-state index in [0.717, 1.165) is 57.6 Å². The van der Waals surface area contributed by atoms with E-state index in [1.165, 1.54) is 0 Å². The number of guanidine groups is 1. The van der Waals surface area contributed by atoms with Gasteiger partial charge >= 0.3 is 0 Å². The Kier molecular flexibility index (Phi) is 10.6. The number of hydrogen-bond acceptors (Lipinski definition) is 5. The standard InChI is InChI=1S/C17H28N4O3.HI/c1-4-18-17(19-7-8-21-9-11-24-12-10-21)20-14-5-6-15(22-2)16(13-14)23-3;/h5-6,13H,4,7-12H2,1-3H3,(H2,18,19,20);1H. The molecule has 1 fully saturated rings. The maximum atomic E-state index is 5.36. The molecule has 0 bridgehead atoms. The van der Waals surface area contributed by atoms with Crippen molar-refractivity contribution in [2.75, 3.05) is 65.5 Å². The van der Waals surface area contributed by atoms with E-state index in [0.29, 0.717) is 11.5 Å². The molecule has 0 saturated carbocycles. The van der Waals surface area contributed by atoms with Gasteiger partial charge < -0.3 is 24.8 Å². The van der Waals surface area contributed by atoms with E-state index in [1.807, 2.05) is 25.1 Å². The molecular weight excluding hydrogens is 435 g/mol. The zero-order valence-corrected chi connectivity index (χ0v) is 17.5. The van der Waals surface area contributed by atoms with Gasteiger partial charge in [0.05, 0.1) is 34.0 Å². The zero-order chi connectivity index (χ0) is 17.2. The normalized spacial score (nSPS) is 15.2. The third kappa shape index (κ3) is 7.25. The van der Waals surface area contributed by atoms with E-state index in [4.69, 9.17) is 14.2 Å². The van der Waals surface area contributed by atoms with Gasteiger partial charge in [-0.15, -0.1) is 24.0 Å². The molecule has 0 aliphatic carbocycles. The van der Waals surface area contributed by atoms with Gasteiger partial charge in [-0.1, -0.05) is 0 Å². The average molecular weight is 464 g/mol. The fourth-order valence-corrected chi connectivity index (χ4v) is 2.49. The predicted octanol–water partition coefficient (Wildman–Crippen LogP) is 2.03. The van der Waals surface area contributed by atoms with Crippen LogP contribution in [-0.2, 0) is 4.74 Å². The number of aliphatic imine (C=N–C) groups is 1. The Balaban J connectivity index is 0.00000312. The van der Waals surface area contributed by atoms with Gasteiger partial charge in [0.1, 0.15) is 0 Å². The van der Waals surface area contributed by atoms with Crippen LogP contribution in [0, 0.1) is 0 Å². The van der Waals surface area contributed by atoms with Crippen LogP contribution in [0.25, 0.3) is 0 Å². The maximum Gasteiger partial charge on any atom is 0.195 e. The van der Waals surface area contributed by atoms with Crippen molar-refractivity contribution >= 4 is 35.6 Å². The van der Waals surface area contributed by atoms with Crippen molar-refractivity contribution in [1.29, 1.82) is 0 Å². The topological polar surface area (TPSA) is 67.4 Å². The SMILES string of the molecule is CCNC(=NCCN1CCOCC1)Nc1ccc(OC)c(OC)c1.I. The van der Waals surface area contributed by atoms with Crippen molar-refractivity contribution in [1.82, 2.24) is 10.2 Å². The summed E-state index contributed by atoms with van der Waals surface area (Å²) in [7, 11) is 3.26. The molecule has 0 atom stereocenters. The van der Waals surface area contributed by atoms with Gasteiger partial charge in [0.25, 0.3) is 0 Å². The highest BCUT2D eigenvalue weighted by Gasteiger charge is 2.10. The second-order valence-electron chi connectivity index (χ2n) is 5.41. The van der Waals surface area contributed by atoms with Crippen molar-refractivity contribution < 1.29 is 14.2 Å². The summed E-state index contributed by atoms with van der Waals surface area (Å²) in [5, 5.41) is 6.56. The number of anilines is 1. The number of methoxy groups -OCH3 is 2. The first-order chi connectivity index (χ1) is 11.8. The van der Waals surface area contributed by atoms with Crippen LogP contribution in [0.3, 0.4) is 0 Å². The van der Waals surface area contributed by atoms with Crippen molar-refractivity contribution in [3.63, 3.8) is 0 Å². The van der Waals surface area contributed by atoms with Crippen LogP contribution in [0.15, 0.2) is 23.2 Å². The minimum Gasteiger partial charge on any atom is -0.493 e. The van der Waals surface area contributed by atoms with Gasteiger partial charge in [0, 0.05) is 37.9 Å². The van der Waals surface area contributed by atoms with E-state index in [1.54, 1.807) is 14.2 Å². The molecule has 2 rings (SSSR count). The van der Waals surface area contributed by atoms with Gasteiger partial charge in [0.2, 0.25) is 0 Å². The Morgan fingerprint density at radius 3 is 2.56 bits per heavy atom. The summed E-state index contributed by atoms with van der Waals surface area (Å²) >= 11 is 0. The summed E-state index contributed by atoms with van der Waals surface area (Å²) in [6.45, 7) is 8.12. The van der Waals surface area contributed by atoms with Crippen LogP contribution >= 0.6 is 24.0 Å². The highest BCUT2D eigenvalue weighted by atomic mass is 127. The maximum absolute atomic E-state index is 5.36. The summed E-state index contributed by atoms with van der Waals surface area (Å²) < 4.78 is 16.0. The molecule has 0 radical (unpaired) electrons. The third-order valence-corrected chi connectivity index (χ3v) is 3.78. The molecule has 1 aliphatic heterocycles. The summed E-state index contributed by atoms with van der Waals surface area (Å²) in [6, 6.07) is 5.71. The molecule has 142 valence electrons. The number of rotatable bonds is 7. The molecule has 1 heterocycles. The van der Waals surface area contributed by atoms with Crippen LogP contribution in [0.5, 0.6) is 11.5 Å². The molecule has 1 saturated heterocycles. The van der Waals surface area contributed by atoms with Crippen LogP contribution < -0.4 is 20.1 Å². The lowest BCUT2D eigenvalue weighted by Crippen LogP contribution is -2.38. The second kappa shape index (κ2) is 12.2. The van der Waals surface area contributed by atoms with Gasteiger partial charge in [-0.25, -0.2) is 0 Å². The molecule has 8 heteroatoms. The number of ether oxygens (including phenoxy) is 3. The Labute approximate surface area is 167 Å². The predicted molar refractivity (Wildman–Crippen MR) is 112 cm³/mol. The third-order valence-electron chi connectivity index (χ3n) is 3.78. The second-order valence-corrected chi connectivity index (χ2v) is 5.41. The summed E-state index contributed by atoms with van der Waals surface area (Å²) in [4.78, 5) is 7.01. The number of hydrogen-bond donors (Lipinski definition) is 2. The Hall–Kier alpha value is -1.26. The monoisotopic (exact) mass is 464 g/mol. The summed E-state index contributed by atoms with van der Waals surface area (Å²) in [5.41, 5.74) is 0.902. The molecule has 1 aromatic carbocycles. The van der Waals surface area contributed by atoms with Crippen LogP contribution in [0.1, 0.15) is 6.92 Å². The molecule has 1 aliphatic rings. The van der Waals surface area contributed by atoms with Crippen LogP contribution in [-0.4, -0.2) is 71.0 Å². The quantitative estimate of drug-likeness (QED) is 0.366. The molecule has 2 N–H and O–H groups in total. The van der Waals surface area contributed by atoms with Gasteiger partial charge in [-0.3, -0.25) is 9.89 Å². The highest BCUT2D eigenvalue weighted by molar-refractivity contribution is 14.0. The van der Waals surface area contributed by atoms with Crippen LogP contribution in [0.2, 0.25) is 0 Å². The summed E-state index contributed by atoms with van der Waals surface area (Å²) in [6.07, 6.45) is 0. The average Bonchev–Trinajstić information content (AvgIpc) is 2.62. The molecule has 1 aromatic rings.